The summed E-state index contributed by atoms with van der Waals surface area (Å²) in [5.41, 5.74) is 0.996. The van der Waals surface area contributed by atoms with Crippen LogP contribution in [0.25, 0.3) is 0 Å². The molecule has 0 aliphatic rings. The minimum atomic E-state index is -0.399. The average molecular weight is 490 g/mol. The van der Waals surface area contributed by atoms with E-state index in [1.807, 2.05) is 17.6 Å². The van der Waals surface area contributed by atoms with E-state index in [9.17, 15) is 9.59 Å². The summed E-state index contributed by atoms with van der Waals surface area (Å²) in [6, 6.07) is 13.5. The third-order valence-electron chi connectivity index (χ3n) is 4.39. The van der Waals surface area contributed by atoms with Crippen molar-refractivity contribution < 1.29 is 9.59 Å². The van der Waals surface area contributed by atoms with Gasteiger partial charge in [-0.3, -0.25) is 9.59 Å². The highest BCUT2D eigenvalue weighted by Crippen LogP contribution is 2.30. The molecule has 10 heteroatoms. The van der Waals surface area contributed by atoms with Crippen LogP contribution in [0.5, 0.6) is 0 Å². The second-order valence-corrected chi connectivity index (χ2v) is 8.47. The minimum Gasteiger partial charge on any atom is -0.342 e. The Balaban J connectivity index is 1.67. The Morgan fingerprint density at radius 1 is 1.16 bits per heavy atom. The second kappa shape index (κ2) is 11.2. The molecule has 0 saturated heterocycles. The first-order chi connectivity index (χ1) is 15.4. The first-order valence-electron chi connectivity index (χ1n) is 9.67. The lowest BCUT2D eigenvalue weighted by Crippen LogP contribution is -2.28. The van der Waals surface area contributed by atoms with Crippen LogP contribution in [0.2, 0.25) is 10.0 Å². The van der Waals surface area contributed by atoms with Crippen molar-refractivity contribution in [2.45, 2.75) is 24.7 Å². The molecular formula is C22H21Cl2N5O2S. The normalized spacial score (nSPS) is 11.6. The summed E-state index contributed by atoms with van der Waals surface area (Å²) in [5.74, 6) is 0.176. The Morgan fingerprint density at radius 2 is 1.91 bits per heavy atom. The van der Waals surface area contributed by atoms with E-state index < -0.39 is 6.04 Å². The fourth-order valence-electron chi connectivity index (χ4n) is 2.88. The molecule has 2 aromatic carbocycles. The standard InChI is InChI=1S/C22H21Cl2N5O2S/c1-3-12-29-20(14(2)25-21(31)15-8-5-4-6-9-15)27-28-22(29)32-13-18(30)26-17-11-7-10-16(23)19(17)24/h3-11,14H,1,12-13H2,2H3,(H,25,31)(H,26,30)/t14-/m0/s1. The fourth-order valence-corrected chi connectivity index (χ4v) is 3.98. The predicted octanol–water partition coefficient (Wildman–Crippen LogP) is 4.99. The molecule has 1 aromatic heterocycles. The quantitative estimate of drug-likeness (QED) is 0.326. The smallest absolute Gasteiger partial charge is 0.251 e. The molecule has 0 radical (unpaired) electrons. The van der Waals surface area contributed by atoms with Gasteiger partial charge in [-0.2, -0.15) is 0 Å². The van der Waals surface area contributed by atoms with Crippen LogP contribution in [0, 0.1) is 0 Å². The van der Waals surface area contributed by atoms with Crippen molar-refractivity contribution in [3.8, 4) is 0 Å². The molecule has 0 spiro atoms. The molecule has 166 valence electrons. The number of halogens is 2. The van der Waals surface area contributed by atoms with Gasteiger partial charge in [-0.25, -0.2) is 0 Å². The van der Waals surface area contributed by atoms with Gasteiger partial charge in [0.05, 0.1) is 27.5 Å². The minimum absolute atomic E-state index is 0.0862. The number of aromatic nitrogens is 3. The van der Waals surface area contributed by atoms with E-state index in [-0.39, 0.29) is 22.6 Å². The van der Waals surface area contributed by atoms with Crippen LogP contribution in [0.1, 0.15) is 29.1 Å². The van der Waals surface area contributed by atoms with Crippen molar-refractivity contribution in [3.63, 3.8) is 0 Å². The SMILES string of the molecule is C=CCn1c(SCC(=O)Nc2cccc(Cl)c2Cl)nnc1[C@H](C)NC(=O)c1ccccc1. The zero-order chi connectivity index (χ0) is 23.1. The van der Waals surface area contributed by atoms with Gasteiger partial charge in [0.25, 0.3) is 5.91 Å². The Bertz CT molecular complexity index is 1120. The summed E-state index contributed by atoms with van der Waals surface area (Å²) < 4.78 is 1.81. The van der Waals surface area contributed by atoms with Gasteiger partial charge in [-0.1, -0.05) is 65.3 Å². The van der Waals surface area contributed by atoms with Crippen molar-refractivity contribution in [2.24, 2.45) is 0 Å². The monoisotopic (exact) mass is 489 g/mol. The molecule has 0 bridgehead atoms. The van der Waals surface area contributed by atoms with Crippen LogP contribution in [0.15, 0.2) is 66.3 Å². The number of hydrogen-bond donors (Lipinski definition) is 2. The number of carbonyl (C=O) groups is 2. The molecule has 3 aromatic rings. The average Bonchev–Trinajstić information content (AvgIpc) is 3.19. The van der Waals surface area contributed by atoms with Crippen LogP contribution in [-0.2, 0) is 11.3 Å². The van der Waals surface area contributed by atoms with Crippen LogP contribution in [0.4, 0.5) is 5.69 Å². The van der Waals surface area contributed by atoms with Crippen molar-refractivity contribution in [1.29, 1.82) is 0 Å². The van der Waals surface area contributed by atoms with E-state index in [0.717, 1.165) is 0 Å². The third kappa shape index (κ3) is 5.91. The Hall–Kier alpha value is -2.81. The number of nitrogens with zero attached hydrogens (tertiary/aromatic N) is 3. The Kier molecular flexibility index (Phi) is 8.33. The molecule has 7 nitrogen and oxygen atoms in total. The Labute approximate surface area is 200 Å². The lowest BCUT2D eigenvalue weighted by molar-refractivity contribution is -0.113. The van der Waals surface area contributed by atoms with E-state index >= 15 is 0 Å². The van der Waals surface area contributed by atoms with Crippen LogP contribution in [-0.4, -0.2) is 32.3 Å². The van der Waals surface area contributed by atoms with E-state index in [4.69, 9.17) is 23.2 Å². The van der Waals surface area contributed by atoms with Gasteiger partial charge in [0.15, 0.2) is 11.0 Å². The summed E-state index contributed by atoms with van der Waals surface area (Å²) in [6.45, 7) is 6.03. The largest absolute Gasteiger partial charge is 0.342 e. The van der Waals surface area contributed by atoms with Crippen LogP contribution in [0.3, 0.4) is 0 Å². The van der Waals surface area contributed by atoms with Crippen LogP contribution >= 0.6 is 35.0 Å². The second-order valence-electron chi connectivity index (χ2n) is 6.74. The van der Waals surface area contributed by atoms with E-state index in [2.05, 4.69) is 27.4 Å². The van der Waals surface area contributed by atoms with Gasteiger partial charge in [0, 0.05) is 12.1 Å². The highest BCUT2D eigenvalue weighted by atomic mass is 35.5. The maximum atomic E-state index is 12.5. The molecule has 0 aliphatic heterocycles. The van der Waals surface area contributed by atoms with Gasteiger partial charge in [-0.05, 0) is 31.2 Å². The van der Waals surface area contributed by atoms with Gasteiger partial charge in [-0.15, -0.1) is 16.8 Å². The number of carbonyl (C=O) groups excluding carboxylic acids is 2. The first-order valence-corrected chi connectivity index (χ1v) is 11.4. The molecule has 0 unspecified atom stereocenters. The molecule has 2 amide bonds. The molecule has 0 fully saturated rings. The topological polar surface area (TPSA) is 88.9 Å². The number of thioether (sulfide) groups is 1. The molecule has 1 atom stereocenters. The molecule has 1 heterocycles. The lowest BCUT2D eigenvalue weighted by Gasteiger charge is -2.15. The van der Waals surface area contributed by atoms with Crippen LogP contribution < -0.4 is 10.6 Å². The maximum absolute atomic E-state index is 12.5. The molecule has 0 aliphatic carbocycles. The van der Waals surface area contributed by atoms with Crippen molar-refractivity contribution in [1.82, 2.24) is 20.1 Å². The molecule has 32 heavy (non-hydrogen) atoms. The summed E-state index contributed by atoms with van der Waals surface area (Å²) >= 11 is 13.3. The van der Waals surface area contributed by atoms with E-state index in [0.29, 0.717) is 33.8 Å². The molecule has 2 N–H and O–H groups in total. The van der Waals surface area contributed by atoms with Gasteiger partial charge < -0.3 is 15.2 Å². The van der Waals surface area contributed by atoms with Crippen molar-refractivity contribution in [2.75, 3.05) is 11.1 Å². The van der Waals surface area contributed by atoms with Gasteiger partial charge in [0.1, 0.15) is 0 Å². The number of allylic oxidation sites excluding steroid dienone is 1. The zero-order valence-electron chi connectivity index (χ0n) is 17.2. The van der Waals surface area contributed by atoms with Crippen molar-refractivity contribution >= 4 is 52.5 Å². The highest BCUT2D eigenvalue weighted by molar-refractivity contribution is 7.99. The van der Waals surface area contributed by atoms with Gasteiger partial charge in [0.2, 0.25) is 5.91 Å². The summed E-state index contributed by atoms with van der Waals surface area (Å²) in [6.07, 6.45) is 1.70. The number of anilines is 1. The number of hydrogen-bond acceptors (Lipinski definition) is 5. The molecule has 0 saturated carbocycles. The van der Waals surface area contributed by atoms with E-state index in [1.165, 1.54) is 11.8 Å². The molecular weight excluding hydrogens is 469 g/mol. The predicted molar refractivity (Wildman–Crippen MR) is 128 cm³/mol. The summed E-state index contributed by atoms with van der Waals surface area (Å²) in [5, 5.41) is 15.3. The third-order valence-corrected chi connectivity index (χ3v) is 6.17. The summed E-state index contributed by atoms with van der Waals surface area (Å²) in [7, 11) is 0. The zero-order valence-corrected chi connectivity index (χ0v) is 19.5. The number of nitrogens with one attached hydrogen (secondary N) is 2. The number of amides is 2. The Morgan fingerprint density at radius 3 is 2.62 bits per heavy atom. The number of rotatable bonds is 9. The fraction of sp³-hybridized carbons (Fsp3) is 0.182. The number of benzene rings is 2. The molecule has 3 rings (SSSR count). The van der Waals surface area contributed by atoms with E-state index in [1.54, 1.807) is 48.5 Å². The highest BCUT2D eigenvalue weighted by Gasteiger charge is 2.20. The first kappa shape index (κ1) is 23.8. The van der Waals surface area contributed by atoms with Gasteiger partial charge >= 0.3 is 0 Å². The van der Waals surface area contributed by atoms with Crippen molar-refractivity contribution in [3.05, 3.63) is 82.6 Å². The lowest BCUT2D eigenvalue weighted by atomic mass is 10.2. The summed E-state index contributed by atoms with van der Waals surface area (Å²) in [4.78, 5) is 24.9. The maximum Gasteiger partial charge on any atom is 0.251 e.